The first-order valence-electron chi connectivity index (χ1n) is 9.49. The summed E-state index contributed by atoms with van der Waals surface area (Å²) in [5, 5.41) is 2.08. The standard InChI is InChI=1S/C20H31N3O4S/c1-8-13(4)9-18(25)23(7)16(12(2)3)10-17(27-14(5)24)20-22-15(11-28-20)19(26)21-6/h11-13,16-17H,6,8-10H2,1-5,7H3/t13-,16+,17+/m0/s1. The molecule has 0 saturated heterocycles. The van der Waals surface area contributed by atoms with Crippen molar-refractivity contribution in [2.75, 3.05) is 7.05 Å². The molecule has 0 aliphatic rings. The van der Waals surface area contributed by atoms with Gasteiger partial charge in [0.1, 0.15) is 10.7 Å². The van der Waals surface area contributed by atoms with Crippen molar-refractivity contribution in [2.45, 2.75) is 66.0 Å². The van der Waals surface area contributed by atoms with E-state index in [1.54, 1.807) is 17.3 Å². The molecule has 156 valence electrons. The number of hydrogen-bond donors (Lipinski definition) is 0. The van der Waals surface area contributed by atoms with E-state index in [2.05, 4.69) is 30.5 Å². The van der Waals surface area contributed by atoms with E-state index in [1.807, 2.05) is 13.8 Å². The number of nitrogens with zero attached hydrogens (tertiary/aromatic N) is 3. The first kappa shape index (κ1) is 23.9. The number of carbonyl (C=O) groups excluding carboxylic acids is 3. The topological polar surface area (TPSA) is 88.9 Å². The van der Waals surface area contributed by atoms with E-state index in [-0.39, 0.29) is 23.6 Å². The first-order valence-corrected chi connectivity index (χ1v) is 10.4. The second-order valence-corrected chi connectivity index (χ2v) is 8.29. The summed E-state index contributed by atoms with van der Waals surface area (Å²) < 4.78 is 5.49. The van der Waals surface area contributed by atoms with Crippen molar-refractivity contribution in [3.63, 3.8) is 0 Å². The molecule has 1 heterocycles. The van der Waals surface area contributed by atoms with Gasteiger partial charge < -0.3 is 9.64 Å². The Hall–Kier alpha value is -2.09. The Morgan fingerprint density at radius 2 is 1.96 bits per heavy atom. The number of amides is 2. The summed E-state index contributed by atoms with van der Waals surface area (Å²) in [5.74, 6) is -0.428. The number of aliphatic imine (C=N–C) groups is 1. The first-order chi connectivity index (χ1) is 13.1. The molecule has 7 nitrogen and oxygen atoms in total. The summed E-state index contributed by atoms with van der Waals surface area (Å²) in [4.78, 5) is 45.4. The fourth-order valence-corrected chi connectivity index (χ4v) is 3.72. The van der Waals surface area contributed by atoms with E-state index < -0.39 is 18.0 Å². The summed E-state index contributed by atoms with van der Waals surface area (Å²) in [5.41, 5.74) is 0.175. The zero-order valence-electron chi connectivity index (χ0n) is 17.6. The Balaban J connectivity index is 3.07. The maximum absolute atomic E-state index is 12.7. The van der Waals surface area contributed by atoms with Gasteiger partial charge in [-0.2, -0.15) is 0 Å². The molecule has 0 saturated carbocycles. The smallest absolute Gasteiger partial charge is 0.303 e. The Labute approximate surface area is 171 Å². The number of rotatable bonds is 10. The average Bonchev–Trinajstić information content (AvgIpc) is 3.13. The fourth-order valence-electron chi connectivity index (χ4n) is 2.88. The monoisotopic (exact) mass is 409 g/mol. The van der Waals surface area contributed by atoms with Crippen LogP contribution in [0.3, 0.4) is 0 Å². The third-order valence-corrected chi connectivity index (χ3v) is 5.74. The van der Waals surface area contributed by atoms with Crippen LogP contribution in [-0.4, -0.2) is 47.5 Å². The van der Waals surface area contributed by atoms with Gasteiger partial charge in [0.05, 0.1) is 0 Å². The van der Waals surface area contributed by atoms with Crippen LogP contribution >= 0.6 is 11.3 Å². The van der Waals surface area contributed by atoms with Gasteiger partial charge in [-0.05, 0) is 18.6 Å². The molecule has 0 aliphatic carbocycles. The van der Waals surface area contributed by atoms with Gasteiger partial charge in [0.25, 0.3) is 5.91 Å². The third kappa shape index (κ3) is 6.82. The largest absolute Gasteiger partial charge is 0.455 e. The normalized spacial score (nSPS) is 14.2. The van der Waals surface area contributed by atoms with Crippen molar-refractivity contribution in [1.82, 2.24) is 9.88 Å². The van der Waals surface area contributed by atoms with Crippen molar-refractivity contribution < 1.29 is 19.1 Å². The molecule has 3 atom stereocenters. The van der Waals surface area contributed by atoms with Crippen LogP contribution in [0.2, 0.25) is 0 Å². The molecule has 0 bridgehead atoms. The molecule has 0 N–H and O–H groups in total. The molecule has 0 aromatic carbocycles. The van der Waals surface area contributed by atoms with Gasteiger partial charge >= 0.3 is 5.97 Å². The van der Waals surface area contributed by atoms with Crippen LogP contribution in [0.15, 0.2) is 10.4 Å². The molecule has 1 aromatic rings. The van der Waals surface area contributed by atoms with Crippen LogP contribution in [0.5, 0.6) is 0 Å². The average molecular weight is 410 g/mol. The van der Waals surface area contributed by atoms with Gasteiger partial charge in [-0.25, -0.2) is 9.98 Å². The van der Waals surface area contributed by atoms with Crippen LogP contribution < -0.4 is 0 Å². The lowest BCUT2D eigenvalue weighted by molar-refractivity contribution is -0.148. The van der Waals surface area contributed by atoms with E-state index in [1.165, 1.54) is 18.3 Å². The Bertz CT molecular complexity index is 701. The predicted octanol–water partition coefficient (Wildman–Crippen LogP) is 3.90. The Morgan fingerprint density at radius 1 is 1.32 bits per heavy atom. The van der Waals surface area contributed by atoms with Crippen molar-refractivity contribution in [3.8, 4) is 0 Å². The Kier molecular flexibility index (Phi) is 9.45. The maximum Gasteiger partial charge on any atom is 0.303 e. The van der Waals surface area contributed by atoms with Crippen molar-refractivity contribution in [2.24, 2.45) is 16.8 Å². The molecule has 1 rings (SSSR count). The van der Waals surface area contributed by atoms with E-state index >= 15 is 0 Å². The Morgan fingerprint density at radius 3 is 2.46 bits per heavy atom. The van der Waals surface area contributed by atoms with Crippen LogP contribution in [-0.2, 0) is 14.3 Å². The van der Waals surface area contributed by atoms with Gasteiger partial charge in [-0.1, -0.05) is 34.1 Å². The lowest BCUT2D eigenvalue weighted by Gasteiger charge is -2.34. The molecule has 0 fully saturated rings. The molecular weight excluding hydrogens is 378 g/mol. The quantitative estimate of drug-likeness (QED) is 0.432. The number of ether oxygens (including phenoxy) is 1. The second kappa shape index (κ2) is 11.0. The van der Waals surface area contributed by atoms with Crippen molar-refractivity contribution in [3.05, 3.63) is 16.1 Å². The summed E-state index contributed by atoms with van der Waals surface area (Å²) in [7, 11) is 1.79. The van der Waals surface area contributed by atoms with Crippen LogP contribution in [0, 0.1) is 11.8 Å². The molecule has 8 heteroatoms. The van der Waals surface area contributed by atoms with Crippen LogP contribution in [0.4, 0.5) is 0 Å². The van der Waals surface area contributed by atoms with Gasteiger partial charge in [0.15, 0.2) is 6.10 Å². The van der Waals surface area contributed by atoms with E-state index in [4.69, 9.17) is 4.74 Å². The molecule has 0 radical (unpaired) electrons. The van der Waals surface area contributed by atoms with Crippen LogP contribution in [0.25, 0.3) is 0 Å². The molecule has 28 heavy (non-hydrogen) atoms. The van der Waals surface area contributed by atoms with Crippen molar-refractivity contribution >= 4 is 35.8 Å². The third-order valence-electron chi connectivity index (χ3n) is 4.80. The molecule has 0 aliphatic heterocycles. The highest BCUT2D eigenvalue weighted by Gasteiger charge is 2.30. The second-order valence-electron chi connectivity index (χ2n) is 7.40. The van der Waals surface area contributed by atoms with Gasteiger partial charge in [0.2, 0.25) is 5.91 Å². The SMILES string of the molecule is C=NC(=O)c1csc([C@@H](C[C@H](C(C)C)N(C)C(=O)C[C@@H](C)CC)OC(C)=O)n1. The number of carbonyl (C=O) groups is 3. The molecular formula is C20H31N3O4S. The summed E-state index contributed by atoms with van der Waals surface area (Å²) in [6.45, 7) is 12.7. The zero-order chi connectivity index (χ0) is 21.4. The fraction of sp³-hybridized carbons (Fsp3) is 0.650. The summed E-state index contributed by atoms with van der Waals surface area (Å²) >= 11 is 1.23. The highest BCUT2D eigenvalue weighted by atomic mass is 32.1. The van der Waals surface area contributed by atoms with E-state index in [0.29, 0.717) is 23.8 Å². The molecule has 1 aromatic heterocycles. The summed E-state index contributed by atoms with van der Waals surface area (Å²) in [6, 6.07) is -0.138. The lowest BCUT2D eigenvalue weighted by atomic mass is 9.95. The minimum Gasteiger partial charge on any atom is -0.455 e. The van der Waals surface area contributed by atoms with E-state index in [9.17, 15) is 14.4 Å². The van der Waals surface area contributed by atoms with Gasteiger partial charge in [0, 0.05) is 38.2 Å². The van der Waals surface area contributed by atoms with Gasteiger partial charge in [-0.15, -0.1) is 11.3 Å². The number of esters is 1. The highest BCUT2D eigenvalue weighted by molar-refractivity contribution is 7.09. The lowest BCUT2D eigenvalue weighted by Crippen LogP contribution is -2.42. The molecule has 2 amide bonds. The van der Waals surface area contributed by atoms with E-state index in [0.717, 1.165) is 6.42 Å². The maximum atomic E-state index is 12.7. The highest BCUT2D eigenvalue weighted by Crippen LogP contribution is 2.30. The number of aromatic nitrogens is 1. The molecule has 0 unspecified atom stereocenters. The van der Waals surface area contributed by atoms with Crippen LogP contribution in [0.1, 0.15) is 75.5 Å². The number of hydrogen-bond acceptors (Lipinski definition) is 6. The predicted molar refractivity (Wildman–Crippen MR) is 111 cm³/mol. The summed E-state index contributed by atoms with van der Waals surface area (Å²) in [6.07, 6.45) is 1.19. The van der Waals surface area contributed by atoms with Gasteiger partial charge in [-0.3, -0.25) is 14.4 Å². The van der Waals surface area contributed by atoms with Crippen molar-refractivity contribution in [1.29, 1.82) is 0 Å². The minimum atomic E-state index is -0.639. The number of thiazole rings is 1. The molecule has 0 spiro atoms. The zero-order valence-corrected chi connectivity index (χ0v) is 18.4. The minimum absolute atomic E-state index is 0.0699.